The molecule has 2 heteroatoms. The maximum atomic E-state index is 5.85. The van der Waals surface area contributed by atoms with Gasteiger partial charge in [-0.2, -0.15) is 0 Å². The van der Waals surface area contributed by atoms with E-state index >= 15 is 0 Å². The molecule has 1 aromatic heterocycles. The van der Waals surface area contributed by atoms with Gasteiger partial charge < -0.3 is 4.42 Å². The summed E-state index contributed by atoms with van der Waals surface area (Å²) >= 11 is 0. The second kappa shape index (κ2) is 3.93. The van der Waals surface area contributed by atoms with E-state index in [1.807, 2.05) is 12.1 Å². The Bertz CT molecular complexity index is 491. The van der Waals surface area contributed by atoms with Gasteiger partial charge in [-0.1, -0.05) is 39.8 Å². The Morgan fingerprint density at radius 1 is 1.25 bits per heavy atom. The molecule has 0 radical (unpaired) electrons. The zero-order valence-corrected chi connectivity index (χ0v) is 10.5. The number of aryl methyl sites for hydroxylation is 1. The fourth-order valence-corrected chi connectivity index (χ4v) is 1.86. The summed E-state index contributed by atoms with van der Waals surface area (Å²) in [5.74, 6) is 0.850. The van der Waals surface area contributed by atoms with E-state index in [4.69, 9.17) is 4.42 Å². The van der Waals surface area contributed by atoms with Gasteiger partial charge in [-0.25, -0.2) is 4.98 Å². The van der Waals surface area contributed by atoms with Gasteiger partial charge in [0, 0.05) is 6.42 Å². The Morgan fingerprint density at radius 3 is 2.62 bits per heavy atom. The molecule has 86 valence electrons. The van der Waals surface area contributed by atoms with Crippen molar-refractivity contribution in [2.24, 2.45) is 5.41 Å². The summed E-state index contributed by atoms with van der Waals surface area (Å²) in [7, 11) is 0. The molecule has 0 aliphatic rings. The number of rotatable bonds is 2. The average molecular weight is 217 g/mol. The molecule has 2 nitrogen and oxygen atoms in total. The van der Waals surface area contributed by atoms with Crippen LogP contribution in [-0.4, -0.2) is 4.98 Å². The highest BCUT2D eigenvalue weighted by Gasteiger charge is 2.16. The van der Waals surface area contributed by atoms with Crippen LogP contribution in [0.2, 0.25) is 0 Å². The SMILES string of the molecule is CCc1cccc2nc(CC(C)(C)C)oc12. The summed E-state index contributed by atoms with van der Waals surface area (Å²) in [5.41, 5.74) is 3.40. The molecule has 0 fully saturated rings. The van der Waals surface area contributed by atoms with Crippen LogP contribution in [-0.2, 0) is 12.8 Å². The van der Waals surface area contributed by atoms with Crippen LogP contribution in [0.25, 0.3) is 11.1 Å². The quantitative estimate of drug-likeness (QED) is 0.760. The smallest absolute Gasteiger partial charge is 0.196 e. The zero-order valence-electron chi connectivity index (χ0n) is 10.5. The summed E-state index contributed by atoms with van der Waals surface area (Å²) in [5, 5.41) is 0. The topological polar surface area (TPSA) is 26.0 Å². The molecule has 16 heavy (non-hydrogen) atoms. The van der Waals surface area contributed by atoms with E-state index in [0.29, 0.717) is 0 Å². The number of aromatic nitrogens is 1. The van der Waals surface area contributed by atoms with Crippen LogP contribution in [0.15, 0.2) is 22.6 Å². The van der Waals surface area contributed by atoms with Gasteiger partial charge in [0.05, 0.1) is 0 Å². The van der Waals surface area contributed by atoms with Gasteiger partial charge in [-0.15, -0.1) is 0 Å². The lowest BCUT2D eigenvalue weighted by molar-refractivity contribution is 0.361. The number of benzene rings is 1. The monoisotopic (exact) mass is 217 g/mol. The summed E-state index contributed by atoms with van der Waals surface area (Å²) < 4.78 is 5.85. The van der Waals surface area contributed by atoms with E-state index in [0.717, 1.165) is 29.8 Å². The number of nitrogens with zero attached hydrogens (tertiary/aromatic N) is 1. The molecule has 0 bridgehead atoms. The van der Waals surface area contributed by atoms with Crippen molar-refractivity contribution in [3.63, 3.8) is 0 Å². The van der Waals surface area contributed by atoms with Crippen molar-refractivity contribution in [2.45, 2.75) is 40.5 Å². The molecule has 0 spiro atoms. The molecule has 0 atom stereocenters. The number of oxazole rings is 1. The zero-order chi connectivity index (χ0) is 11.8. The fourth-order valence-electron chi connectivity index (χ4n) is 1.86. The van der Waals surface area contributed by atoms with Gasteiger partial charge in [0.25, 0.3) is 0 Å². The Labute approximate surface area is 96.7 Å². The highest BCUT2D eigenvalue weighted by atomic mass is 16.3. The molecular weight excluding hydrogens is 198 g/mol. The summed E-state index contributed by atoms with van der Waals surface area (Å²) in [6.07, 6.45) is 1.87. The standard InChI is InChI=1S/C14H19NO/c1-5-10-7-6-8-11-13(10)16-12(15-11)9-14(2,3)4/h6-8H,5,9H2,1-4H3. The van der Waals surface area contributed by atoms with Gasteiger partial charge in [0.15, 0.2) is 11.5 Å². The van der Waals surface area contributed by atoms with Crippen molar-refractivity contribution in [1.29, 1.82) is 0 Å². The number of hydrogen-bond donors (Lipinski definition) is 0. The van der Waals surface area contributed by atoms with Gasteiger partial charge >= 0.3 is 0 Å². The first-order chi connectivity index (χ1) is 7.49. The minimum atomic E-state index is 0.216. The largest absolute Gasteiger partial charge is 0.440 e. The van der Waals surface area contributed by atoms with Crippen LogP contribution in [0, 0.1) is 5.41 Å². The minimum Gasteiger partial charge on any atom is -0.440 e. The maximum Gasteiger partial charge on any atom is 0.196 e. The molecule has 0 amide bonds. The summed E-state index contributed by atoms with van der Waals surface area (Å²) in [6, 6.07) is 6.17. The Hall–Kier alpha value is -1.31. The average Bonchev–Trinajstić information content (AvgIpc) is 2.56. The van der Waals surface area contributed by atoms with Crippen molar-refractivity contribution >= 4 is 11.1 Å². The predicted octanol–water partition coefficient (Wildman–Crippen LogP) is 3.98. The Kier molecular flexibility index (Phi) is 2.75. The van der Waals surface area contributed by atoms with E-state index in [9.17, 15) is 0 Å². The number of hydrogen-bond acceptors (Lipinski definition) is 2. The summed E-state index contributed by atoms with van der Waals surface area (Å²) in [6.45, 7) is 8.73. The van der Waals surface area contributed by atoms with Crippen LogP contribution in [0.1, 0.15) is 39.1 Å². The lowest BCUT2D eigenvalue weighted by Gasteiger charge is -2.14. The third kappa shape index (κ3) is 2.26. The first kappa shape index (κ1) is 11.2. The van der Waals surface area contributed by atoms with Gasteiger partial charge in [-0.05, 0) is 23.5 Å². The molecule has 0 saturated carbocycles. The molecule has 2 aromatic rings. The molecular formula is C14H19NO. The van der Waals surface area contributed by atoms with Crippen LogP contribution in [0.3, 0.4) is 0 Å². The normalized spacial score (nSPS) is 12.2. The van der Waals surface area contributed by atoms with Crippen molar-refractivity contribution < 1.29 is 4.42 Å². The Morgan fingerprint density at radius 2 is 2.00 bits per heavy atom. The highest BCUT2D eigenvalue weighted by molar-refractivity contribution is 5.76. The molecule has 1 heterocycles. The van der Waals surface area contributed by atoms with E-state index in [1.54, 1.807) is 0 Å². The van der Waals surface area contributed by atoms with E-state index in [-0.39, 0.29) is 5.41 Å². The van der Waals surface area contributed by atoms with Crippen LogP contribution in [0.4, 0.5) is 0 Å². The fraction of sp³-hybridized carbons (Fsp3) is 0.500. The minimum absolute atomic E-state index is 0.216. The van der Waals surface area contributed by atoms with Crippen molar-refractivity contribution in [3.8, 4) is 0 Å². The molecule has 0 saturated heterocycles. The number of fused-ring (bicyclic) bond motifs is 1. The lowest BCUT2D eigenvalue weighted by Crippen LogP contribution is -2.09. The van der Waals surface area contributed by atoms with E-state index in [1.165, 1.54) is 5.56 Å². The van der Waals surface area contributed by atoms with Crippen LogP contribution < -0.4 is 0 Å². The second-order valence-electron chi connectivity index (χ2n) is 5.46. The second-order valence-corrected chi connectivity index (χ2v) is 5.46. The highest BCUT2D eigenvalue weighted by Crippen LogP contribution is 2.25. The van der Waals surface area contributed by atoms with Crippen molar-refractivity contribution in [1.82, 2.24) is 4.98 Å². The van der Waals surface area contributed by atoms with Gasteiger partial charge in [0.2, 0.25) is 0 Å². The van der Waals surface area contributed by atoms with Crippen molar-refractivity contribution in [3.05, 3.63) is 29.7 Å². The molecule has 0 N–H and O–H groups in total. The third-order valence-electron chi connectivity index (χ3n) is 2.60. The lowest BCUT2D eigenvalue weighted by atomic mass is 9.92. The first-order valence-corrected chi connectivity index (χ1v) is 5.87. The number of para-hydroxylation sites is 1. The Balaban J connectivity index is 2.44. The van der Waals surface area contributed by atoms with Crippen LogP contribution >= 0.6 is 0 Å². The van der Waals surface area contributed by atoms with Gasteiger partial charge in [0.1, 0.15) is 5.52 Å². The van der Waals surface area contributed by atoms with Gasteiger partial charge in [-0.3, -0.25) is 0 Å². The van der Waals surface area contributed by atoms with Crippen LogP contribution in [0.5, 0.6) is 0 Å². The predicted molar refractivity (Wildman–Crippen MR) is 66.5 cm³/mol. The van der Waals surface area contributed by atoms with Crippen molar-refractivity contribution in [2.75, 3.05) is 0 Å². The van der Waals surface area contributed by atoms with E-state index < -0.39 is 0 Å². The molecule has 0 aliphatic carbocycles. The molecule has 0 unspecified atom stereocenters. The maximum absolute atomic E-state index is 5.85. The molecule has 0 aliphatic heterocycles. The summed E-state index contributed by atoms with van der Waals surface area (Å²) in [4.78, 5) is 4.54. The van der Waals surface area contributed by atoms with E-state index in [2.05, 4.69) is 38.7 Å². The molecule has 2 rings (SSSR count). The third-order valence-corrected chi connectivity index (χ3v) is 2.60. The molecule has 1 aromatic carbocycles. The first-order valence-electron chi connectivity index (χ1n) is 5.87.